The molecule has 0 bridgehead atoms. The highest BCUT2D eigenvalue weighted by Gasteiger charge is 2.20. The molecule has 0 amide bonds. The molecule has 2 N–H and O–H groups in total. The molecule has 1 heterocycles. The highest BCUT2D eigenvalue weighted by Crippen LogP contribution is 2.28. The summed E-state index contributed by atoms with van der Waals surface area (Å²) in [4.78, 5) is 4.48. The highest BCUT2D eigenvalue weighted by atomic mass is 16.5. The van der Waals surface area contributed by atoms with Crippen molar-refractivity contribution in [3.63, 3.8) is 0 Å². The van der Waals surface area contributed by atoms with Gasteiger partial charge in [-0.2, -0.15) is 0 Å². The highest BCUT2D eigenvalue weighted by molar-refractivity contribution is 5.74. The lowest BCUT2D eigenvalue weighted by Crippen LogP contribution is -2.17. The van der Waals surface area contributed by atoms with Crippen molar-refractivity contribution >= 4 is 11.1 Å². The molecule has 0 fully saturated rings. The average molecular weight is 234 g/mol. The van der Waals surface area contributed by atoms with Crippen LogP contribution in [0.3, 0.4) is 0 Å². The summed E-state index contributed by atoms with van der Waals surface area (Å²) in [6, 6.07) is 5.62. The van der Waals surface area contributed by atoms with E-state index in [2.05, 4.69) is 18.8 Å². The molecular weight excluding hydrogens is 216 g/mol. The van der Waals surface area contributed by atoms with E-state index in [-0.39, 0.29) is 5.92 Å². The molecule has 0 aliphatic rings. The molecule has 0 radical (unpaired) electrons. The maximum atomic E-state index is 5.76. The smallest absolute Gasteiger partial charge is 0.200 e. The standard InChI is InChI=1S/C13H18N2O2/c1-8(2)10(7-14)13-15-11-5-4-9(16-3)6-12(11)17-13/h4-6,8,10H,7,14H2,1-3H3. The Labute approximate surface area is 101 Å². The molecule has 4 nitrogen and oxygen atoms in total. The number of oxazole rings is 1. The number of aromatic nitrogens is 1. The van der Waals surface area contributed by atoms with Crippen molar-refractivity contribution in [1.82, 2.24) is 4.98 Å². The zero-order valence-corrected chi connectivity index (χ0v) is 10.4. The van der Waals surface area contributed by atoms with Crippen molar-refractivity contribution in [2.75, 3.05) is 13.7 Å². The van der Waals surface area contributed by atoms with Gasteiger partial charge < -0.3 is 14.9 Å². The van der Waals surface area contributed by atoms with Gasteiger partial charge in [0.25, 0.3) is 0 Å². The van der Waals surface area contributed by atoms with Crippen LogP contribution in [-0.4, -0.2) is 18.6 Å². The van der Waals surface area contributed by atoms with Crippen LogP contribution in [0.2, 0.25) is 0 Å². The Morgan fingerprint density at radius 2 is 2.18 bits per heavy atom. The number of hydrogen-bond donors (Lipinski definition) is 1. The maximum Gasteiger partial charge on any atom is 0.200 e. The zero-order chi connectivity index (χ0) is 12.4. The third-order valence-corrected chi connectivity index (χ3v) is 2.99. The molecule has 4 heteroatoms. The molecule has 0 saturated carbocycles. The van der Waals surface area contributed by atoms with Crippen LogP contribution in [0.1, 0.15) is 25.7 Å². The van der Waals surface area contributed by atoms with Gasteiger partial charge in [-0.25, -0.2) is 4.98 Å². The van der Waals surface area contributed by atoms with Crippen molar-refractivity contribution in [2.45, 2.75) is 19.8 Å². The van der Waals surface area contributed by atoms with Crippen molar-refractivity contribution in [1.29, 1.82) is 0 Å². The lowest BCUT2D eigenvalue weighted by atomic mass is 9.96. The monoisotopic (exact) mass is 234 g/mol. The number of fused-ring (bicyclic) bond motifs is 1. The second-order valence-corrected chi connectivity index (χ2v) is 4.47. The summed E-state index contributed by atoms with van der Waals surface area (Å²) in [6.45, 7) is 4.78. The van der Waals surface area contributed by atoms with E-state index in [0.29, 0.717) is 18.4 Å². The first-order chi connectivity index (χ1) is 8.15. The van der Waals surface area contributed by atoms with Crippen molar-refractivity contribution in [3.8, 4) is 5.75 Å². The lowest BCUT2D eigenvalue weighted by Gasteiger charge is -2.13. The van der Waals surface area contributed by atoms with Gasteiger partial charge in [0.1, 0.15) is 11.3 Å². The first kappa shape index (κ1) is 11.9. The van der Waals surface area contributed by atoms with Gasteiger partial charge in [0.05, 0.1) is 13.0 Å². The largest absolute Gasteiger partial charge is 0.497 e. The third-order valence-electron chi connectivity index (χ3n) is 2.99. The first-order valence-electron chi connectivity index (χ1n) is 5.80. The molecule has 0 saturated heterocycles. The van der Waals surface area contributed by atoms with Crippen molar-refractivity contribution < 1.29 is 9.15 Å². The normalized spacial score (nSPS) is 13.2. The van der Waals surface area contributed by atoms with Crippen molar-refractivity contribution in [3.05, 3.63) is 24.1 Å². The van der Waals surface area contributed by atoms with Crippen LogP contribution in [-0.2, 0) is 0 Å². The molecule has 92 valence electrons. The van der Waals surface area contributed by atoms with Gasteiger partial charge >= 0.3 is 0 Å². The Morgan fingerprint density at radius 3 is 2.76 bits per heavy atom. The number of nitrogens with zero attached hydrogens (tertiary/aromatic N) is 1. The number of benzene rings is 1. The quantitative estimate of drug-likeness (QED) is 0.883. The van der Waals surface area contributed by atoms with E-state index in [1.54, 1.807) is 7.11 Å². The van der Waals surface area contributed by atoms with Gasteiger partial charge in [-0.1, -0.05) is 13.8 Å². The van der Waals surface area contributed by atoms with Crippen LogP contribution in [0.15, 0.2) is 22.6 Å². The van der Waals surface area contributed by atoms with Gasteiger partial charge in [0.2, 0.25) is 0 Å². The minimum absolute atomic E-state index is 0.161. The Morgan fingerprint density at radius 1 is 1.41 bits per heavy atom. The first-order valence-corrected chi connectivity index (χ1v) is 5.80. The average Bonchev–Trinajstić information content (AvgIpc) is 2.71. The fourth-order valence-corrected chi connectivity index (χ4v) is 1.87. The number of methoxy groups -OCH3 is 1. The fraction of sp³-hybridized carbons (Fsp3) is 0.462. The van der Waals surface area contributed by atoms with Crippen LogP contribution < -0.4 is 10.5 Å². The van der Waals surface area contributed by atoms with Gasteiger partial charge in [0.15, 0.2) is 11.5 Å². The molecule has 2 aromatic rings. The number of ether oxygens (including phenoxy) is 1. The van der Waals surface area contributed by atoms with E-state index in [1.807, 2.05) is 18.2 Å². The van der Waals surface area contributed by atoms with Crippen LogP contribution in [0, 0.1) is 5.92 Å². The van der Waals surface area contributed by atoms with E-state index in [0.717, 1.165) is 16.8 Å². The number of nitrogens with two attached hydrogens (primary N) is 1. The summed E-state index contributed by atoms with van der Waals surface area (Å²) in [6.07, 6.45) is 0. The van der Waals surface area contributed by atoms with Gasteiger partial charge in [-0.15, -0.1) is 0 Å². The van der Waals surface area contributed by atoms with Crippen molar-refractivity contribution in [2.24, 2.45) is 11.7 Å². The van der Waals surface area contributed by atoms with E-state index >= 15 is 0 Å². The maximum absolute atomic E-state index is 5.76. The van der Waals surface area contributed by atoms with Gasteiger partial charge in [-0.05, 0) is 18.1 Å². The Hall–Kier alpha value is -1.55. The number of rotatable bonds is 4. The molecule has 0 aliphatic heterocycles. The number of hydrogen-bond acceptors (Lipinski definition) is 4. The van der Waals surface area contributed by atoms with E-state index < -0.39 is 0 Å². The topological polar surface area (TPSA) is 61.3 Å². The van der Waals surface area contributed by atoms with Crippen LogP contribution in [0.5, 0.6) is 5.75 Å². The van der Waals surface area contributed by atoms with Gasteiger partial charge in [-0.3, -0.25) is 0 Å². The van der Waals surface area contributed by atoms with Crippen LogP contribution >= 0.6 is 0 Å². The van der Waals surface area contributed by atoms with E-state index in [1.165, 1.54) is 0 Å². The Kier molecular flexibility index (Phi) is 3.33. The molecule has 1 aromatic heterocycles. The summed E-state index contributed by atoms with van der Waals surface area (Å²) in [5.74, 6) is 2.06. The molecule has 1 unspecified atom stereocenters. The minimum Gasteiger partial charge on any atom is -0.497 e. The summed E-state index contributed by atoms with van der Waals surface area (Å²) >= 11 is 0. The Balaban J connectivity index is 2.43. The van der Waals surface area contributed by atoms with Crippen LogP contribution in [0.4, 0.5) is 0 Å². The van der Waals surface area contributed by atoms with E-state index in [4.69, 9.17) is 14.9 Å². The molecule has 0 aliphatic carbocycles. The SMILES string of the molecule is COc1ccc2nc(C(CN)C(C)C)oc2c1. The summed E-state index contributed by atoms with van der Waals surface area (Å²) in [7, 11) is 1.63. The molecule has 2 rings (SSSR count). The second-order valence-electron chi connectivity index (χ2n) is 4.47. The predicted molar refractivity (Wildman–Crippen MR) is 67.2 cm³/mol. The second kappa shape index (κ2) is 4.75. The Bertz CT molecular complexity index is 505. The predicted octanol–water partition coefficient (Wildman–Crippen LogP) is 2.53. The van der Waals surface area contributed by atoms with Gasteiger partial charge in [0, 0.05) is 12.6 Å². The van der Waals surface area contributed by atoms with Crippen LogP contribution in [0.25, 0.3) is 11.1 Å². The van der Waals surface area contributed by atoms with E-state index in [9.17, 15) is 0 Å². The summed E-state index contributed by atoms with van der Waals surface area (Å²) in [5.41, 5.74) is 7.35. The third kappa shape index (κ3) is 2.26. The summed E-state index contributed by atoms with van der Waals surface area (Å²) in [5, 5.41) is 0. The minimum atomic E-state index is 0.161. The molecule has 17 heavy (non-hydrogen) atoms. The fourth-order valence-electron chi connectivity index (χ4n) is 1.87. The summed E-state index contributed by atoms with van der Waals surface area (Å²) < 4.78 is 10.9. The molecular formula is C13H18N2O2. The zero-order valence-electron chi connectivity index (χ0n) is 10.4. The lowest BCUT2D eigenvalue weighted by molar-refractivity contribution is 0.397. The molecule has 1 aromatic carbocycles. The molecule has 0 spiro atoms. The molecule has 1 atom stereocenters.